The number of nitrogens with one attached hydrogen (secondary N) is 1. The lowest BCUT2D eigenvalue weighted by Crippen LogP contribution is -2.50. The zero-order chi connectivity index (χ0) is 8.32. The van der Waals surface area contributed by atoms with Gasteiger partial charge in [0.15, 0.2) is 0 Å². The highest BCUT2D eigenvalue weighted by Gasteiger charge is 2.34. The molecule has 0 aromatic heterocycles. The molecular formula is C8H17NO2. The Balaban J connectivity index is 2.52. The smallest absolute Gasteiger partial charge is 0.0614 e. The van der Waals surface area contributed by atoms with E-state index < -0.39 is 0 Å². The first-order valence-corrected chi connectivity index (χ1v) is 4.10. The third kappa shape index (κ3) is 1.72. The van der Waals surface area contributed by atoms with Gasteiger partial charge in [0.2, 0.25) is 0 Å². The lowest BCUT2D eigenvalue weighted by molar-refractivity contribution is 0.106. The molecule has 2 atom stereocenters. The standard InChI is InChI=1S/C8H17NO2/c1-8(6-10,9-2)7-3-4-11-5-7/h7,9-10H,3-6H2,1-2H3. The average Bonchev–Trinajstić information content (AvgIpc) is 2.55. The molecule has 0 radical (unpaired) electrons. The molecule has 66 valence electrons. The van der Waals surface area contributed by atoms with Crippen molar-refractivity contribution in [2.45, 2.75) is 18.9 Å². The van der Waals surface area contributed by atoms with E-state index in [0.29, 0.717) is 5.92 Å². The molecule has 11 heavy (non-hydrogen) atoms. The van der Waals surface area contributed by atoms with Crippen molar-refractivity contribution in [3.63, 3.8) is 0 Å². The number of ether oxygens (including phenoxy) is 1. The number of hydrogen-bond acceptors (Lipinski definition) is 3. The van der Waals surface area contributed by atoms with Crippen LogP contribution in [0.4, 0.5) is 0 Å². The molecular weight excluding hydrogens is 142 g/mol. The minimum absolute atomic E-state index is 0.156. The quantitative estimate of drug-likeness (QED) is 0.608. The average molecular weight is 159 g/mol. The van der Waals surface area contributed by atoms with Crippen LogP contribution in [0.15, 0.2) is 0 Å². The van der Waals surface area contributed by atoms with Gasteiger partial charge in [0.25, 0.3) is 0 Å². The Kier molecular flexibility index (Phi) is 2.87. The molecule has 3 nitrogen and oxygen atoms in total. The number of aliphatic hydroxyl groups excluding tert-OH is 1. The summed E-state index contributed by atoms with van der Waals surface area (Å²) in [5.74, 6) is 0.456. The van der Waals surface area contributed by atoms with Crippen LogP contribution in [0, 0.1) is 5.92 Å². The molecule has 1 aliphatic rings. The second-order valence-corrected chi connectivity index (χ2v) is 3.39. The molecule has 1 saturated heterocycles. The number of likely N-dealkylation sites (N-methyl/N-ethyl adjacent to an activating group) is 1. The summed E-state index contributed by atoms with van der Waals surface area (Å²) in [6, 6.07) is 0. The summed E-state index contributed by atoms with van der Waals surface area (Å²) in [4.78, 5) is 0. The van der Waals surface area contributed by atoms with Crippen molar-refractivity contribution in [3.8, 4) is 0 Å². The number of hydrogen-bond donors (Lipinski definition) is 2. The van der Waals surface area contributed by atoms with Crippen molar-refractivity contribution in [1.29, 1.82) is 0 Å². The van der Waals surface area contributed by atoms with E-state index in [1.165, 1.54) is 0 Å². The van der Waals surface area contributed by atoms with E-state index in [9.17, 15) is 0 Å². The van der Waals surface area contributed by atoms with Gasteiger partial charge < -0.3 is 15.2 Å². The topological polar surface area (TPSA) is 41.5 Å². The fourth-order valence-electron chi connectivity index (χ4n) is 1.45. The van der Waals surface area contributed by atoms with E-state index in [1.54, 1.807) is 0 Å². The number of aliphatic hydroxyl groups is 1. The molecule has 0 saturated carbocycles. The van der Waals surface area contributed by atoms with Gasteiger partial charge in [0.05, 0.1) is 13.2 Å². The molecule has 0 aromatic carbocycles. The van der Waals surface area contributed by atoms with Crippen molar-refractivity contribution in [3.05, 3.63) is 0 Å². The molecule has 3 heteroatoms. The van der Waals surface area contributed by atoms with Crippen LogP contribution >= 0.6 is 0 Å². The van der Waals surface area contributed by atoms with Crippen molar-refractivity contribution in [2.75, 3.05) is 26.9 Å². The summed E-state index contributed by atoms with van der Waals surface area (Å²) in [6.07, 6.45) is 1.05. The normalized spacial score (nSPS) is 30.3. The highest BCUT2D eigenvalue weighted by Crippen LogP contribution is 2.24. The van der Waals surface area contributed by atoms with Crippen LogP contribution in [0.5, 0.6) is 0 Å². The molecule has 1 rings (SSSR count). The summed E-state index contributed by atoms with van der Waals surface area (Å²) >= 11 is 0. The van der Waals surface area contributed by atoms with Crippen LogP contribution in [0.25, 0.3) is 0 Å². The molecule has 2 unspecified atom stereocenters. The Morgan fingerprint density at radius 1 is 1.73 bits per heavy atom. The van der Waals surface area contributed by atoms with Gasteiger partial charge in [-0.15, -0.1) is 0 Å². The highest BCUT2D eigenvalue weighted by molar-refractivity contribution is 4.90. The Labute approximate surface area is 67.7 Å². The van der Waals surface area contributed by atoms with E-state index in [4.69, 9.17) is 9.84 Å². The van der Waals surface area contributed by atoms with Crippen molar-refractivity contribution in [1.82, 2.24) is 5.32 Å². The summed E-state index contributed by atoms with van der Waals surface area (Å²) in [5.41, 5.74) is -0.156. The first-order chi connectivity index (χ1) is 5.23. The van der Waals surface area contributed by atoms with Crippen molar-refractivity contribution in [2.24, 2.45) is 5.92 Å². The maximum absolute atomic E-state index is 9.13. The second-order valence-electron chi connectivity index (χ2n) is 3.39. The first-order valence-electron chi connectivity index (χ1n) is 4.10. The number of rotatable bonds is 3. The SMILES string of the molecule is CNC(C)(CO)C1CCOC1. The summed E-state index contributed by atoms with van der Waals surface area (Å²) in [7, 11) is 1.88. The maximum Gasteiger partial charge on any atom is 0.0614 e. The molecule has 0 aliphatic carbocycles. The van der Waals surface area contributed by atoms with Gasteiger partial charge >= 0.3 is 0 Å². The first kappa shape index (κ1) is 8.97. The van der Waals surface area contributed by atoms with E-state index in [2.05, 4.69) is 5.32 Å². The highest BCUT2D eigenvalue weighted by atomic mass is 16.5. The van der Waals surface area contributed by atoms with Crippen LogP contribution in [0.2, 0.25) is 0 Å². The van der Waals surface area contributed by atoms with Gasteiger partial charge in [0, 0.05) is 18.1 Å². The predicted molar refractivity (Wildman–Crippen MR) is 43.5 cm³/mol. The van der Waals surface area contributed by atoms with Gasteiger partial charge in [-0.05, 0) is 20.4 Å². The largest absolute Gasteiger partial charge is 0.394 e. The molecule has 1 heterocycles. The monoisotopic (exact) mass is 159 g/mol. The van der Waals surface area contributed by atoms with Crippen LogP contribution < -0.4 is 5.32 Å². The molecule has 0 spiro atoms. The Bertz CT molecular complexity index is 117. The lowest BCUT2D eigenvalue weighted by Gasteiger charge is -2.32. The zero-order valence-electron chi connectivity index (χ0n) is 7.26. The Morgan fingerprint density at radius 2 is 2.45 bits per heavy atom. The summed E-state index contributed by atoms with van der Waals surface area (Å²) < 4.78 is 5.26. The second kappa shape index (κ2) is 3.52. The van der Waals surface area contributed by atoms with Gasteiger partial charge in [-0.1, -0.05) is 0 Å². The fourth-order valence-corrected chi connectivity index (χ4v) is 1.45. The van der Waals surface area contributed by atoms with Crippen molar-refractivity contribution >= 4 is 0 Å². The third-order valence-electron chi connectivity index (χ3n) is 2.73. The van der Waals surface area contributed by atoms with Crippen molar-refractivity contribution < 1.29 is 9.84 Å². The molecule has 0 amide bonds. The molecule has 0 bridgehead atoms. The van der Waals surface area contributed by atoms with Crippen LogP contribution in [-0.2, 0) is 4.74 Å². The van der Waals surface area contributed by atoms with E-state index in [-0.39, 0.29) is 12.1 Å². The Morgan fingerprint density at radius 3 is 2.82 bits per heavy atom. The minimum Gasteiger partial charge on any atom is -0.394 e. The summed E-state index contributed by atoms with van der Waals surface area (Å²) in [5, 5.41) is 12.3. The van der Waals surface area contributed by atoms with Crippen LogP contribution in [-0.4, -0.2) is 37.5 Å². The molecule has 0 aromatic rings. The van der Waals surface area contributed by atoms with Gasteiger partial charge in [-0.3, -0.25) is 0 Å². The van der Waals surface area contributed by atoms with E-state index in [1.807, 2.05) is 14.0 Å². The third-order valence-corrected chi connectivity index (χ3v) is 2.73. The minimum atomic E-state index is -0.156. The van der Waals surface area contributed by atoms with E-state index >= 15 is 0 Å². The molecule has 1 fully saturated rings. The predicted octanol–water partition coefficient (Wildman–Crippen LogP) is -0.00670. The lowest BCUT2D eigenvalue weighted by atomic mass is 9.86. The fraction of sp³-hybridized carbons (Fsp3) is 1.00. The zero-order valence-corrected chi connectivity index (χ0v) is 7.26. The summed E-state index contributed by atoms with van der Waals surface area (Å²) in [6.45, 7) is 3.82. The maximum atomic E-state index is 9.13. The van der Waals surface area contributed by atoms with Crippen LogP contribution in [0.3, 0.4) is 0 Å². The van der Waals surface area contributed by atoms with Gasteiger partial charge in [-0.25, -0.2) is 0 Å². The Hall–Kier alpha value is -0.120. The van der Waals surface area contributed by atoms with Crippen LogP contribution in [0.1, 0.15) is 13.3 Å². The van der Waals surface area contributed by atoms with E-state index in [0.717, 1.165) is 19.6 Å². The molecule has 2 N–H and O–H groups in total. The van der Waals surface area contributed by atoms with Gasteiger partial charge in [0.1, 0.15) is 0 Å². The van der Waals surface area contributed by atoms with Gasteiger partial charge in [-0.2, -0.15) is 0 Å². The molecule has 1 aliphatic heterocycles.